The molecule has 4 aromatic rings. The highest BCUT2D eigenvalue weighted by atomic mass is 35.5. The van der Waals surface area contributed by atoms with Gasteiger partial charge in [0, 0.05) is 33.5 Å². The predicted molar refractivity (Wildman–Crippen MR) is 151 cm³/mol. The van der Waals surface area contributed by atoms with E-state index in [-0.39, 0.29) is 5.91 Å². The highest BCUT2D eigenvalue weighted by molar-refractivity contribution is 7.16. The van der Waals surface area contributed by atoms with Crippen LogP contribution < -0.4 is 15.4 Å². The summed E-state index contributed by atoms with van der Waals surface area (Å²) in [6, 6.07) is 15.3. The van der Waals surface area contributed by atoms with Gasteiger partial charge in [0.15, 0.2) is 0 Å². The maximum absolute atomic E-state index is 13.4. The van der Waals surface area contributed by atoms with E-state index in [0.29, 0.717) is 35.4 Å². The summed E-state index contributed by atoms with van der Waals surface area (Å²) in [5, 5.41) is 6.12. The molecule has 2 aromatic heterocycles. The van der Waals surface area contributed by atoms with E-state index in [1.54, 1.807) is 11.3 Å². The van der Waals surface area contributed by atoms with Gasteiger partial charge in [-0.15, -0.1) is 11.3 Å². The van der Waals surface area contributed by atoms with E-state index < -0.39 is 0 Å². The Balaban J connectivity index is 1.72. The molecule has 0 saturated carbocycles. The molecule has 2 aromatic carbocycles. The van der Waals surface area contributed by atoms with Gasteiger partial charge in [0.2, 0.25) is 0 Å². The van der Waals surface area contributed by atoms with Gasteiger partial charge in [-0.3, -0.25) is 4.79 Å². The van der Waals surface area contributed by atoms with E-state index >= 15 is 0 Å². The summed E-state index contributed by atoms with van der Waals surface area (Å²) in [6.07, 6.45) is 4.15. The summed E-state index contributed by atoms with van der Waals surface area (Å²) in [6.45, 7) is 7.36. The van der Waals surface area contributed by atoms with Crippen molar-refractivity contribution in [1.82, 2.24) is 5.32 Å². The van der Waals surface area contributed by atoms with Crippen LogP contribution in [0.5, 0.6) is 5.75 Å². The zero-order valence-electron chi connectivity index (χ0n) is 21.4. The van der Waals surface area contributed by atoms with Crippen LogP contribution in [0.2, 0.25) is 5.02 Å². The summed E-state index contributed by atoms with van der Waals surface area (Å²) in [4.78, 5) is 19.8. The van der Waals surface area contributed by atoms with Crippen LogP contribution >= 0.6 is 22.9 Å². The predicted octanol–water partition coefficient (Wildman–Crippen LogP) is 7.71. The number of nitrogens with zero attached hydrogens (tertiary/aromatic N) is 1. The Morgan fingerprint density at radius 1 is 1.14 bits per heavy atom. The first-order valence-electron chi connectivity index (χ1n) is 12.9. The SMILES string of the molecule is CCOc1ccc2oc(-c3ccc(Cl)cc3)c/c(=N\c3sc4c(c3C(=O)NCC(C)C)CCCC4)c2c1. The third-order valence-corrected chi connectivity index (χ3v) is 7.86. The molecule has 7 heteroatoms. The first-order chi connectivity index (χ1) is 17.9. The zero-order chi connectivity index (χ0) is 25.9. The van der Waals surface area contributed by atoms with Crippen LogP contribution in [0.15, 0.2) is 57.9 Å². The molecule has 1 N–H and O–H groups in total. The van der Waals surface area contributed by atoms with Crippen molar-refractivity contribution in [3.05, 3.63) is 74.9 Å². The van der Waals surface area contributed by atoms with Gasteiger partial charge in [-0.1, -0.05) is 25.4 Å². The standard InChI is InChI=1S/C30H31ClN2O3S/c1-4-35-21-13-14-25-23(15-21)24(16-26(36-25)19-9-11-20(31)12-10-19)33-30-28(29(34)32-17-18(2)3)22-7-5-6-8-27(22)37-30/h9-16,18H,4-8,17H2,1-3H3,(H,32,34)/b33-24+. The Labute approximate surface area is 226 Å². The second-order valence-electron chi connectivity index (χ2n) is 9.70. The number of rotatable bonds is 7. The number of carbonyl (C=O) groups is 1. The molecule has 37 heavy (non-hydrogen) atoms. The average Bonchev–Trinajstić information content (AvgIpc) is 3.26. The number of aryl methyl sites for hydroxylation is 1. The first kappa shape index (κ1) is 25.6. The van der Waals surface area contributed by atoms with Gasteiger partial charge in [0.05, 0.1) is 17.5 Å². The van der Waals surface area contributed by atoms with E-state index in [2.05, 4.69) is 19.2 Å². The Kier molecular flexibility index (Phi) is 7.68. The largest absolute Gasteiger partial charge is 0.494 e. The number of nitrogens with one attached hydrogen (secondary N) is 1. The van der Waals surface area contributed by atoms with E-state index in [4.69, 9.17) is 25.7 Å². The summed E-state index contributed by atoms with van der Waals surface area (Å²) in [5.74, 6) is 1.77. The minimum atomic E-state index is -0.0373. The van der Waals surface area contributed by atoms with Crippen molar-refractivity contribution in [2.24, 2.45) is 10.9 Å². The average molecular weight is 535 g/mol. The Bertz CT molecular complexity index is 1500. The van der Waals surface area contributed by atoms with Gasteiger partial charge in [-0.25, -0.2) is 4.99 Å². The van der Waals surface area contributed by atoms with Crippen molar-refractivity contribution in [3.8, 4) is 17.1 Å². The normalized spacial score (nSPS) is 13.7. The van der Waals surface area contributed by atoms with Crippen LogP contribution in [-0.4, -0.2) is 19.1 Å². The molecule has 0 fully saturated rings. The summed E-state index contributed by atoms with van der Waals surface area (Å²) < 4.78 is 12.1. The van der Waals surface area contributed by atoms with Crippen LogP contribution in [-0.2, 0) is 12.8 Å². The van der Waals surface area contributed by atoms with Crippen molar-refractivity contribution >= 4 is 44.8 Å². The molecule has 1 aliphatic rings. The lowest BCUT2D eigenvalue weighted by Gasteiger charge is -2.13. The van der Waals surface area contributed by atoms with Crippen LogP contribution in [0.25, 0.3) is 22.3 Å². The minimum absolute atomic E-state index is 0.0373. The van der Waals surface area contributed by atoms with Crippen molar-refractivity contribution in [1.29, 1.82) is 0 Å². The van der Waals surface area contributed by atoms with Crippen molar-refractivity contribution in [2.75, 3.05) is 13.2 Å². The number of carbonyl (C=O) groups excluding carboxylic acids is 1. The Morgan fingerprint density at radius 3 is 2.68 bits per heavy atom. The summed E-state index contributed by atoms with van der Waals surface area (Å²) >= 11 is 7.76. The second-order valence-corrected chi connectivity index (χ2v) is 11.2. The maximum atomic E-state index is 13.4. The molecule has 0 atom stereocenters. The van der Waals surface area contributed by atoms with Crippen molar-refractivity contribution in [3.63, 3.8) is 0 Å². The zero-order valence-corrected chi connectivity index (χ0v) is 23.0. The number of hydrogen-bond acceptors (Lipinski definition) is 5. The van der Waals surface area contributed by atoms with Crippen molar-refractivity contribution in [2.45, 2.75) is 46.5 Å². The lowest BCUT2D eigenvalue weighted by atomic mass is 9.95. The molecule has 0 spiro atoms. The molecule has 0 unspecified atom stereocenters. The summed E-state index contributed by atoms with van der Waals surface area (Å²) in [7, 11) is 0. The van der Waals surface area contributed by atoms with E-state index in [9.17, 15) is 4.79 Å². The highest BCUT2D eigenvalue weighted by Gasteiger charge is 2.25. The smallest absolute Gasteiger partial charge is 0.254 e. The molecule has 2 heterocycles. The quantitative estimate of drug-likeness (QED) is 0.264. The van der Waals surface area contributed by atoms with Crippen LogP contribution in [0.1, 0.15) is 54.4 Å². The fourth-order valence-corrected chi connectivity index (χ4v) is 6.01. The molecule has 0 aliphatic heterocycles. The maximum Gasteiger partial charge on any atom is 0.254 e. The fraction of sp³-hybridized carbons (Fsp3) is 0.333. The molecular weight excluding hydrogens is 504 g/mol. The molecule has 5 rings (SSSR count). The van der Waals surface area contributed by atoms with Gasteiger partial charge in [0.25, 0.3) is 5.91 Å². The third kappa shape index (κ3) is 5.60. The molecular formula is C30H31ClN2O3S. The van der Waals surface area contributed by atoms with Crippen LogP contribution in [0.3, 0.4) is 0 Å². The number of amides is 1. The number of fused-ring (bicyclic) bond motifs is 2. The Hall–Kier alpha value is -3.09. The van der Waals surface area contributed by atoms with Crippen molar-refractivity contribution < 1.29 is 13.9 Å². The third-order valence-electron chi connectivity index (χ3n) is 6.43. The van der Waals surface area contributed by atoms with Gasteiger partial charge in [-0.2, -0.15) is 0 Å². The van der Waals surface area contributed by atoms with Crippen LogP contribution in [0.4, 0.5) is 5.00 Å². The molecule has 1 aliphatic carbocycles. The number of ether oxygens (including phenoxy) is 1. The lowest BCUT2D eigenvalue weighted by Crippen LogP contribution is -2.28. The molecule has 0 bridgehead atoms. The van der Waals surface area contributed by atoms with Gasteiger partial charge >= 0.3 is 0 Å². The molecule has 1 amide bonds. The van der Waals surface area contributed by atoms with Gasteiger partial charge < -0.3 is 14.5 Å². The monoisotopic (exact) mass is 534 g/mol. The number of thiophene rings is 1. The van der Waals surface area contributed by atoms with Gasteiger partial charge in [0.1, 0.15) is 22.1 Å². The minimum Gasteiger partial charge on any atom is -0.494 e. The first-order valence-corrected chi connectivity index (χ1v) is 14.1. The molecule has 0 radical (unpaired) electrons. The molecule has 192 valence electrons. The summed E-state index contributed by atoms with van der Waals surface area (Å²) in [5.41, 5.74) is 3.48. The van der Waals surface area contributed by atoms with E-state index in [1.807, 2.05) is 55.5 Å². The number of benzene rings is 2. The second kappa shape index (κ2) is 11.1. The van der Waals surface area contributed by atoms with E-state index in [1.165, 1.54) is 4.88 Å². The van der Waals surface area contributed by atoms with Crippen LogP contribution in [0, 0.1) is 5.92 Å². The van der Waals surface area contributed by atoms with E-state index in [0.717, 1.165) is 63.9 Å². The lowest BCUT2D eigenvalue weighted by molar-refractivity contribution is 0.0949. The molecule has 0 saturated heterocycles. The molecule has 5 nitrogen and oxygen atoms in total. The van der Waals surface area contributed by atoms with Gasteiger partial charge in [-0.05, 0) is 86.6 Å². The topological polar surface area (TPSA) is 63.8 Å². The fourth-order valence-electron chi connectivity index (χ4n) is 4.61. The number of halogens is 1. The number of hydrogen-bond donors (Lipinski definition) is 1. The highest BCUT2D eigenvalue weighted by Crippen LogP contribution is 2.40. The Morgan fingerprint density at radius 2 is 1.92 bits per heavy atom.